The van der Waals surface area contributed by atoms with Crippen LogP contribution in [-0.2, 0) is 13.6 Å². The zero-order chi connectivity index (χ0) is 18.1. The number of carbonyl (C=O) groups is 1. The second-order valence-corrected chi connectivity index (χ2v) is 7.34. The highest BCUT2D eigenvalue weighted by Crippen LogP contribution is 2.28. The molecule has 8 nitrogen and oxygen atoms in total. The summed E-state index contributed by atoms with van der Waals surface area (Å²) in [4.78, 5) is 20.9. The van der Waals surface area contributed by atoms with Gasteiger partial charge in [0.25, 0.3) is 5.91 Å². The van der Waals surface area contributed by atoms with Crippen LogP contribution >= 0.6 is 0 Å². The molecule has 2 aliphatic rings. The maximum absolute atomic E-state index is 12.6. The van der Waals surface area contributed by atoms with Gasteiger partial charge >= 0.3 is 0 Å². The number of aromatic nitrogens is 4. The molecule has 2 saturated heterocycles. The lowest BCUT2D eigenvalue weighted by atomic mass is 9.95. The van der Waals surface area contributed by atoms with Gasteiger partial charge in [-0.05, 0) is 45.7 Å². The van der Waals surface area contributed by atoms with Gasteiger partial charge in [-0.25, -0.2) is 4.98 Å². The van der Waals surface area contributed by atoms with Gasteiger partial charge in [0.15, 0.2) is 12.1 Å². The number of nitrogens with zero attached hydrogens (tertiary/aromatic N) is 6. The average molecular weight is 358 g/mol. The molecule has 0 radical (unpaired) electrons. The molecule has 140 valence electrons. The van der Waals surface area contributed by atoms with Gasteiger partial charge in [0.2, 0.25) is 0 Å². The molecule has 0 aliphatic carbocycles. The number of amides is 1. The third-order valence-electron chi connectivity index (χ3n) is 5.66. The van der Waals surface area contributed by atoms with E-state index >= 15 is 0 Å². The highest BCUT2D eigenvalue weighted by molar-refractivity contribution is 5.93. The Morgan fingerprint density at radius 2 is 1.92 bits per heavy atom. The number of aryl methyl sites for hydroxylation is 1. The normalized spacial score (nSPS) is 19.4. The topological polar surface area (TPSA) is 80.3 Å². The SMILES string of the molecule is Cc1ocnc1C(=O)N1CCC(c2nnc(CN3CCCC3)n2C)CC1. The predicted octanol–water partition coefficient (Wildman–Crippen LogP) is 1.73. The van der Waals surface area contributed by atoms with Gasteiger partial charge in [-0.2, -0.15) is 0 Å². The molecule has 0 bridgehead atoms. The Kier molecular flexibility index (Phi) is 4.76. The number of likely N-dealkylation sites (tertiary alicyclic amines) is 2. The first-order chi connectivity index (χ1) is 12.6. The van der Waals surface area contributed by atoms with Gasteiger partial charge < -0.3 is 13.9 Å². The van der Waals surface area contributed by atoms with Gasteiger partial charge in [-0.1, -0.05) is 0 Å². The van der Waals surface area contributed by atoms with Crippen LogP contribution < -0.4 is 0 Å². The van der Waals surface area contributed by atoms with E-state index in [9.17, 15) is 4.79 Å². The van der Waals surface area contributed by atoms with Crippen LogP contribution in [0.3, 0.4) is 0 Å². The molecule has 0 spiro atoms. The molecule has 4 rings (SSSR count). The van der Waals surface area contributed by atoms with Crippen molar-refractivity contribution in [2.45, 2.75) is 45.1 Å². The fraction of sp³-hybridized carbons (Fsp3) is 0.667. The van der Waals surface area contributed by atoms with E-state index in [2.05, 4.69) is 31.7 Å². The molecule has 0 saturated carbocycles. The van der Waals surface area contributed by atoms with Crippen molar-refractivity contribution in [3.05, 3.63) is 29.5 Å². The predicted molar refractivity (Wildman–Crippen MR) is 94.6 cm³/mol. The lowest BCUT2D eigenvalue weighted by Gasteiger charge is -2.31. The van der Waals surface area contributed by atoms with Crippen molar-refractivity contribution in [3.63, 3.8) is 0 Å². The smallest absolute Gasteiger partial charge is 0.276 e. The summed E-state index contributed by atoms with van der Waals surface area (Å²) < 4.78 is 7.31. The summed E-state index contributed by atoms with van der Waals surface area (Å²) in [6, 6.07) is 0. The summed E-state index contributed by atoms with van der Waals surface area (Å²) in [6.07, 6.45) is 5.69. The lowest BCUT2D eigenvalue weighted by Crippen LogP contribution is -2.38. The Bertz CT molecular complexity index is 768. The monoisotopic (exact) mass is 358 g/mol. The minimum Gasteiger partial charge on any atom is -0.448 e. The van der Waals surface area contributed by atoms with Crippen molar-refractivity contribution >= 4 is 5.91 Å². The van der Waals surface area contributed by atoms with E-state index in [1.807, 2.05) is 4.90 Å². The maximum Gasteiger partial charge on any atom is 0.276 e. The number of carbonyl (C=O) groups excluding carboxylic acids is 1. The van der Waals surface area contributed by atoms with Crippen LogP contribution in [0.5, 0.6) is 0 Å². The van der Waals surface area contributed by atoms with Crippen LogP contribution in [0.15, 0.2) is 10.8 Å². The number of hydrogen-bond donors (Lipinski definition) is 0. The van der Waals surface area contributed by atoms with Crippen LogP contribution in [0, 0.1) is 6.92 Å². The van der Waals surface area contributed by atoms with Gasteiger partial charge in [0, 0.05) is 26.1 Å². The summed E-state index contributed by atoms with van der Waals surface area (Å²) in [5, 5.41) is 8.90. The Labute approximate surface area is 153 Å². The summed E-state index contributed by atoms with van der Waals surface area (Å²) >= 11 is 0. The Hall–Kier alpha value is -2.22. The van der Waals surface area contributed by atoms with Gasteiger partial charge in [0.1, 0.15) is 17.4 Å². The number of oxazole rings is 1. The second-order valence-electron chi connectivity index (χ2n) is 7.34. The molecule has 2 aromatic rings. The van der Waals surface area contributed by atoms with Gasteiger partial charge in [-0.15, -0.1) is 10.2 Å². The van der Waals surface area contributed by atoms with E-state index in [0.29, 0.717) is 30.5 Å². The molecule has 0 aromatic carbocycles. The maximum atomic E-state index is 12.6. The van der Waals surface area contributed by atoms with E-state index in [1.165, 1.54) is 19.2 Å². The van der Waals surface area contributed by atoms with Crippen molar-refractivity contribution < 1.29 is 9.21 Å². The number of piperidine rings is 1. The summed E-state index contributed by atoms with van der Waals surface area (Å²) in [6.45, 7) is 6.39. The van der Waals surface area contributed by atoms with Crippen LogP contribution in [0.4, 0.5) is 0 Å². The second kappa shape index (κ2) is 7.19. The summed E-state index contributed by atoms with van der Waals surface area (Å²) in [7, 11) is 2.07. The first kappa shape index (κ1) is 17.2. The molecule has 2 fully saturated rings. The van der Waals surface area contributed by atoms with Crippen LogP contribution in [0.2, 0.25) is 0 Å². The molecule has 8 heteroatoms. The fourth-order valence-corrected chi connectivity index (χ4v) is 4.01. The number of rotatable bonds is 4. The highest BCUT2D eigenvalue weighted by atomic mass is 16.3. The molecular weight excluding hydrogens is 332 g/mol. The average Bonchev–Trinajstić information content (AvgIpc) is 3.38. The van der Waals surface area contributed by atoms with E-state index in [0.717, 1.165) is 44.1 Å². The molecule has 4 heterocycles. The van der Waals surface area contributed by atoms with E-state index in [4.69, 9.17) is 4.42 Å². The Balaban J connectivity index is 1.38. The molecule has 1 amide bonds. The van der Waals surface area contributed by atoms with Gasteiger partial charge in [-0.3, -0.25) is 9.69 Å². The minimum atomic E-state index is -0.0395. The van der Waals surface area contributed by atoms with Crippen LogP contribution in [0.1, 0.15) is 59.5 Å². The minimum absolute atomic E-state index is 0.0395. The van der Waals surface area contributed by atoms with E-state index < -0.39 is 0 Å². The van der Waals surface area contributed by atoms with E-state index in [1.54, 1.807) is 6.92 Å². The van der Waals surface area contributed by atoms with Crippen molar-refractivity contribution in [3.8, 4) is 0 Å². The van der Waals surface area contributed by atoms with Crippen molar-refractivity contribution in [2.24, 2.45) is 7.05 Å². The van der Waals surface area contributed by atoms with E-state index in [-0.39, 0.29) is 5.91 Å². The molecule has 0 N–H and O–H groups in total. The largest absolute Gasteiger partial charge is 0.448 e. The quantitative estimate of drug-likeness (QED) is 0.828. The molecule has 0 atom stereocenters. The fourth-order valence-electron chi connectivity index (χ4n) is 4.01. The first-order valence-electron chi connectivity index (χ1n) is 9.43. The van der Waals surface area contributed by atoms with Gasteiger partial charge in [0.05, 0.1) is 6.54 Å². The van der Waals surface area contributed by atoms with Crippen LogP contribution in [-0.4, -0.2) is 61.6 Å². The summed E-state index contributed by atoms with van der Waals surface area (Å²) in [5.41, 5.74) is 0.426. The highest BCUT2D eigenvalue weighted by Gasteiger charge is 2.29. The first-order valence-corrected chi connectivity index (χ1v) is 9.43. The van der Waals surface area contributed by atoms with Crippen molar-refractivity contribution in [1.29, 1.82) is 0 Å². The standard InChI is InChI=1S/C18H26N6O2/c1-13-16(19-12-26-13)18(25)24-9-5-14(6-10-24)17-21-20-15(22(17)2)11-23-7-3-4-8-23/h12,14H,3-11H2,1-2H3. The Morgan fingerprint density at radius 1 is 1.19 bits per heavy atom. The zero-order valence-corrected chi connectivity index (χ0v) is 15.5. The molecule has 0 unspecified atom stereocenters. The molecule has 2 aliphatic heterocycles. The molecule has 2 aromatic heterocycles. The Morgan fingerprint density at radius 3 is 2.58 bits per heavy atom. The van der Waals surface area contributed by atoms with Crippen molar-refractivity contribution in [1.82, 2.24) is 29.5 Å². The third-order valence-corrected chi connectivity index (χ3v) is 5.66. The van der Waals surface area contributed by atoms with Crippen LogP contribution in [0.25, 0.3) is 0 Å². The molecular formula is C18H26N6O2. The number of hydrogen-bond acceptors (Lipinski definition) is 6. The third kappa shape index (κ3) is 3.25. The zero-order valence-electron chi connectivity index (χ0n) is 15.5. The lowest BCUT2D eigenvalue weighted by molar-refractivity contribution is 0.0703. The van der Waals surface area contributed by atoms with Crippen molar-refractivity contribution in [2.75, 3.05) is 26.2 Å². The summed E-state index contributed by atoms with van der Waals surface area (Å²) in [5.74, 6) is 2.98. The molecule has 26 heavy (non-hydrogen) atoms.